The third-order valence-corrected chi connectivity index (χ3v) is 8.30. The molecular weight excluding hydrogens is 436 g/mol. The smallest absolute Gasteiger partial charge is 0.336 e. The second-order valence-electron chi connectivity index (χ2n) is 9.47. The Morgan fingerprint density at radius 2 is 1.79 bits per heavy atom. The van der Waals surface area contributed by atoms with E-state index in [4.69, 9.17) is 4.74 Å². The molecule has 0 aliphatic carbocycles. The summed E-state index contributed by atoms with van der Waals surface area (Å²) >= 11 is 0. The SMILES string of the molecule is CCCCCCCOc1cc2c(cc1C(C)=Cc1ccccc1C(=O)O)C(C)(C)CS2(=O)=O. The average molecular weight is 471 g/mol. The van der Waals surface area contributed by atoms with Crippen LogP contribution in [0.25, 0.3) is 11.6 Å². The monoisotopic (exact) mass is 470 g/mol. The van der Waals surface area contributed by atoms with Gasteiger partial charge < -0.3 is 9.84 Å². The number of carbonyl (C=O) groups is 1. The average Bonchev–Trinajstić information content (AvgIpc) is 2.93. The predicted molar refractivity (Wildman–Crippen MR) is 133 cm³/mol. The predicted octanol–water partition coefficient (Wildman–Crippen LogP) is 6.36. The lowest BCUT2D eigenvalue weighted by Gasteiger charge is -2.20. The molecule has 178 valence electrons. The number of rotatable bonds is 10. The lowest BCUT2D eigenvalue weighted by Crippen LogP contribution is -2.19. The fourth-order valence-corrected chi connectivity index (χ4v) is 6.64. The van der Waals surface area contributed by atoms with Gasteiger partial charge in [0.2, 0.25) is 0 Å². The second kappa shape index (κ2) is 10.1. The zero-order valence-corrected chi connectivity index (χ0v) is 20.8. The van der Waals surface area contributed by atoms with Gasteiger partial charge in [-0.2, -0.15) is 0 Å². The summed E-state index contributed by atoms with van der Waals surface area (Å²) in [6.07, 6.45) is 7.33. The van der Waals surface area contributed by atoms with E-state index in [2.05, 4.69) is 6.92 Å². The largest absolute Gasteiger partial charge is 0.493 e. The lowest BCUT2D eigenvalue weighted by molar-refractivity contribution is 0.0696. The molecule has 6 heteroatoms. The molecule has 0 fully saturated rings. The first-order valence-electron chi connectivity index (χ1n) is 11.6. The number of sulfone groups is 1. The van der Waals surface area contributed by atoms with Crippen molar-refractivity contribution in [2.75, 3.05) is 12.4 Å². The van der Waals surface area contributed by atoms with Gasteiger partial charge in [-0.3, -0.25) is 0 Å². The number of hydrogen-bond donors (Lipinski definition) is 1. The number of carboxylic acids is 1. The van der Waals surface area contributed by atoms with Gasteiger partial charge in [-0.15, -0.1) is 0 Å². The Hall–Kier alpha value is -2.60. The van der Waals surface area contributed by atoms with Crippen LogP contribution in [0.5, 0.6) is 5.75 Å². The summed E-state index contributed by atoms with van der Waals surface area (Å²) in [4.78, 5) is 12.0. The first-order valence-corrected chi connectivity index (χ1v) is 13.3. The second-order valence-corrected chi connectivity index (χ2v) is 11.4. The van der Waals surface area contributed by atoms with E-state index in [0.29, 0.717) is 22.8 Å². The molecule has 0 saturated carbocycles. The number of fused-ring (bicyclic) bond motifs is 1. The number of aromatic carboxylic acids is 1. The quantitative estimate of drug-likeness (QED) is 0.323. The van der Waals surface area contributed by atoms with E-state index in [9.17, 15) is 18.3 Å². The highest BCUT2D eigenvalue weighted by molar-refractivity contribution is 7.91. The highest BCUT2D eigenvalue weighted by Gasteiger charge is 2.41. The van der Waals surface area contributed by atoms with Crippen molar-refractivity contribution in [1.82, 2.24) is 0 Å². The molecule has 0 radical (unpaired) electrons. The van der Waals surface area contributed by atoms with E-state index in [1.165, 1.54) is 12.8 Å². The van der Waals surface area contributed by atoms with Crippen LogP contribution in [0.2, 0.25) is 0 Å². The van der Waals surface area contributed by atoms with E-state index in [1.54, 1.807) is 30.3 Å². The first kappa shape index (κ1) is 25.0. The molecule has 5 nitrogen and oxygen atoms in total. The van der Waals surface area contributed by atoms with Crippen molar-refractivity contribution in [1.29, 1.82) is 0 Å². The summed E-state index contributed by atoms with van der Waals surface area (Å²) < 4.78 is 31.8. The van der Waals surface area contributed by atoms with Crippen molar-refractivity contribution in [3.63, 3.8) is 0 Å². The van der Waals surface area contributed by atoms with Crippen LogP contribution in [-0.4, -0.2) is 31.9 Å². The van der Waals surface area contributed by atoms with Crippen LogP contribution in [0.1, 0.15) is 86.8 Å². The molecule has 1 N–H and O–H groups in total. The number of carboxylic acid groups (broad SMARTS) is 1. The Balaban J connectivity index is 2.03. The fraction of sp³-hybridized carbons (Fsp3) is 0.444. The fourth-order valence-electron chi connectivity index (χ4n) is 4.42. The standard InChI is InChI=1S/C27H34O5S/c1-5-6-7-8-11-14-32-24-17-25-23(27(3,4)18-33(25,30)31)16-22(24)19(2)15-20-12-9-10-13-21(20)26(28)29/h9-10,12-13,15-17H,5-8,11,14,18H2,1-4H3,(H,28,29). The van der Waals surface area contributed by atoms with Crippen molar-refractivity contribution < 1.29 is 23.1 Å². The first-order chi connectivity index (χ1) is 15.6. The molecule has 0 bridgehead atoms. The van der Waals surface area contributed by atoms with Gasteiger partial charge in [0.1, 0.15) is 5.75 Å². The van der Waals surface area contributed by atoms with Crippen LogP contribution in [0, 0.1) is 0 Å². The molecule has 0 amide bonds. The zero-order valence-electron chi connectivity index (χ0n) is 20.0. The maximum atomic E-state index is 12.8. The van der Waals surface area contributed by atoms with Gasteiger partial charge in [-0.05, 0) is 48.2 Å². The molecule has 0 atom stereocenters. The van der Waals surface area contributed by atoms with E-state index < -0.39 is 21.2 Å². The van der Waals surface area contributed by atoms with Crippen LogP contribution in [-0.2, 0) is 15.3 Å². The molecule has 3 rings (SSSR count). The third-order valence-electron chi connectivity index (χ3n) is 6.19. The van der Waals surface area contributed by atoms with Crippen LogP contribution < -0.4 is 4.74 Å². The van der Waals surface area contributed by atoms with Crippen molar-refractivity contribution in [3.8, 4) is 5.75 Å². The normalized spacial score (nSPS) is 16.4. The molecule has 1 aliphatic rings. The Morgan fingerprint density at radius 3 is 2.48 bits per heavy atom. The summed E-state index contributed by atoms with van der Waals surface area (Å²) in [6.45, 7) is 8.47. The molecule has 0 unspecified atom stereocenters. The molecule has 1 heterocycles. The van der Waals surface area contributed by atoms with E-state index in [1.807, 2.05) is 32.9 Å². The molecule has 0 aromatic heterocycles. The topological polar surface area (TPSA) is 80.7 Å². The molecule has 2 aromatic rings. The number of ether oxygens (including phenoxy) is 1. The van der Waals surface area contributed by atoms with Gasteiger partial charge in [-0.25, -0.2) is 13.2 Å². The van der Waals surface area contributed by atoms with Crippen LogP contribution in [0.4, 0.5) is 0 Å². The van der Waals surface area contributed by atoms with Crippen LogP contribution in [0.15, 0.2) is 41.3 Å². The van der Waals surface area contributed by atoms with Gasteiger partial charge in [0, 0.05) is 11.0 Å². The van der Waals surface area contributed by atoms with E-state index >= 15 is 0 Å². The Kier molecular flexibility index (Phi) is 7.68. The summed E-state index contributed by atoms with van der Waals surface area (Å²) in [5.74, 6) is -0.383. The Morgan fingerprint density at radius 1 is 1.09 bits per heavy atom. The Labute approximate surface area is 197 Å². The summed E-state index contributed by atoms with van der Waals surface area (Å²) in [5, 5.41) is 9.54. The summed E-state index contributed by atoms with van der Waals surface area (Å²) in [6, 6.07) is 10.4. The zero-order chi connectivity index (χ0) is 24.2. The maximum Gasteiger partial charge on any atom is 0.336 e. The molecular formula is C27H34O5S. The van der Waals surface area contributed by atoms with Gasteiger partial charge in [0.25, 0.3) is 0 Å². The number of allylic oxidation sites excluding steroid dienone is 1. The minimum absolute atomic E-state index is 0.0693. The van der Waals surface area contributed by atoms with Crippen molar-refractivity contribution in [2.24, 2.45) is 0 Å². The molecule has 1 aliphatic heterocycles. The number of benzene rings is 2. The highest BCUT2D eigenvalue weighted by Crippen LogP contribution is 2.44. The molecule has 33 heavy (non-hydrogen) atoms. The third kappa shape index (κ3) is 5.67. The van der Waals surface area contributed by atoms with E-state index in [-0.39, 0.29) is 11.3 Å². The number of hydrogen-bond acceptors (Lipinski definition) is 4. The van der Waals surface area contributed by atoms with Crippen molar-refractivity contribution in [3.05, 3.63) is 58.7 Å². The van der Waals surface area contributed by atoms with Gasteiger partial charge in [-0.1, -0.05) is 70.7 Å². The Bertz CT molecular complexity index is 1160. The van der Waals surface area contributed by atoms with Crippen molar-refractivity contribution >= 4 is 27.5 Å². The molecule has 0 spiro atoms. The summed E-state index contributed by atoms with van der Waals surface area (Å²) in [5.41, 5.74) is 2.73. The highest BCUT2D eigenvalue weighted by atomic mass is 32.2. The lowest BCUT2D eigenvalue weighted by atomic mass is 9.85. The van der Waals surface area contributed by atoms with Gasteiger partial charge in [0.05, 0.1) is 22.8 Å². The van der Waals surface area contributed by atoms with E-state index in [0.717, 1.165) is 36.0 Å². The molecule has 2 aromatic carbocycles. The van der Waals surface area contributed by atoms with Gasteiger partial charge in [0.15, 0.2) is 9.84 Å². The van der Waals surface area contributed by atoms with Crippen molar-refractivity contribution in [2.45, 2.75) is 70.1 Å². The number of unbranched alkanes of at least 4 members (excludes halogenated alkanes) is 4. The minimum atomic E-state index is -3.37. The maximum absolute atomic E-state index is 12.8. The minimum Gasteiger partial charge on any atom is -0.493 e. The van der Waals surface area contributed by atoms with Crippen LogP contribution >= 0.6 is 0 Å². The molecule has 0 saturated heterocycles. The van der Waals surface area contributed by atoms with Gasteiger partial charge >= 0.3 is 5.97 Å². The summed E-state index contributed by atoms with van der Waals surface area (Å²) in [7, 11) is -3.37. The van der Waals surface area contributed by atoms with Crippen LogP contribution in [0.3, 0.4) is 0 Å².